The lowest BCUT2D eigenvalue weighted by Gasteiger charge is -2.16. The van der Waals surface area contributed by atoms with Gasteiger partial charge >= 0.3 is 0 Å². The Balaban J connectivity index is 0.972. The van der Waals surface area contributed by atoms with Crippen molar-refractivity contribution in [2.75, 3.05) is 0 Å². The van der Waals surface area contributed by atoms with E-state index in [1.807, 2.05) is 0 Å². The molecule has 0 aliphatic rings. The fourth-order valence-electron chi connectivity index (χ4n) is 12.3. The SMILES string of the molecule is c1ccc(-n2c3ccccc3c3c(-n4c5ccccc5c5cccc(-c6ccc(-n7c8ccccc8c8cc(-n9c%10ccccc%10c%10ccccc%109)ccc87)c7oc8ccccc8c67)c54)cccc32)cc1. The molecule has 5 heterocycles. The van der Waals surface area contributed by atoms with Crippen LogP contribution in [-0.4, -0.2) is 18.3 Å². The van der Waals surface area contributed by atoms with E-state index in [0.29, 0.717) is 0 Å². The van der Waals surface area contributed by atoms with E-state index in [1.54, 1.807) is 0 Å². The van der Waals surface area contributed by atoms with Gasteiger partial charge < -0.3 is 22.7 Å². The van der Waals surface area contributed by atoms with Crippen LogP contribution in [-0.2, 0) is 0 Å². The first-order chi connectivity index (χ1) is 35.3. The Hall–Kier alpha value is -9.58. The lowest BCUT2D eigenvalue weighted by Crippen LogP contribution is -1.99. The van der Waals surface area contributed by atoms with Crippen molar-refractivity contribution in [3.63, 3.8) is 0 Å². The molecule has 71 heavy (non-hydrogen) atoms. The number of para-hydroxylation sites is 8. The van der Waals surface area contributed by atoms with Crippen molar-refractivity contribution in [3.05, 3.63) is 243 Å². The van der Waals surface area contributed by atoms with Crippen LogP contribution in [0.1, 0.15) is 0 Å². The molecule has 0 amide bonds. The molecule has 0 aliphatic carbocycles. The molecule has 11 aromatic carbocycles. The highest BCUT2D eigenvalue weighted by Gasteiger charge is 2.26. The summed E-state index contributed by atoms with van der Waals surface area (Å²) in [6, 6.07) is 88.4. The molecule has 330 valence electrons. The van der Waals surface area contributed by atoms with Crippen LogP contribution in [0.25, 0.3) is 143 Å². The predicted molar refractivity (Wildman–Crippen MR) is 297 cm³/mol. The maximum Gasteiger partial charge on any atom is 0.160 e. The fourth-order valence-corrected chi connectivity index (χ4v) is 12.3. The summed E-state index contributed by atoms with van der Waals surface area (Å²) in [5.41, 5.74) is 17.7. The van der Waals surface area contributed by atoms with Gasteiger partial charge in [0.05, 0.1) is 55.5 Å². The largest absolute Gasteiger partial charge is 0.454 e. The van der Waals surface area contributed by atoms with Gasteiger partial charge in [-0.1, -0.05) is 158 Å². The smallest absolute Gasteiger partial charge is 0.160 e. The average molecular weight is 905 g/mol. The van der Waals surface area contributed by atoms with Gasteiger partial charge in [-0.25, -0.2) is 0 Å². The van der Waals surface area contributed by atoms with Gasteiger partial charge in [-0.05, 0) is 90.5 Å². The molecular formula is C66H40N4O. The fraction of sp³-hybridized carbons (Fsp3) is 0. The van der Waals surface area contributed by atoms with Gasteiger partial charge in [0.25, 0.3) is 0 Å². The van der Waals surface area contributed by atoms with Crippen molar-refractivity contribution >= 4 is 109 Å². The summed E-state index contributed by atoms with van der Waals surface area (Å²) in [4.78, 5) is 0. The molecule has 0 N–H and O–H groups in total. The third-order valence-electron chi connectivity index (χ3n) is 15.2. The number of fused-ring (bicyclic) bond motifs is 15. The van der Waals surface area contributed by atoms with E-state index >= 15 is 0 Å². The van der Waals surface area contributed by atoms with Gasteiger partial charge in [0.2, 0.25) is 0 Å². The zero-order valence-electron chi connectivity index (χ0n) is 38.3. The number of aromatic nitrogens is 4. The summed E-state index contributed by atoms with van der Waals surface area (Å²) in [7, 11) is 0. The minimum Gasteiger partial charge on any atom is -0.454 e. The van der Waals surface area contributed by atoms with Gasteiger partial charge in [-0.3, -0.25) is 0 Å². The first kappa shape index (κ1) is 38.4. The summed E-state index contributed by atoms with van der Waals surface area (Å²) >= 11 is 0. The van der Waals surface area contributed by atoms with Gasteiger partial charge in [-0.2, -0.15) is 0 Å². The lowest BCUT2D eigenvalue weighted by molar-refractivity contribution is 0.666. The summed E-state index contributed by atoms with van der Waals surface area (Å²) in [6.07, 6.45) is 0. The number of benzene rings is 11. The number of hydrogen-bond acceptors (Lipinski definition) is 1. The molecule has 0 atom stereocenters. The molecule has 5 heteroatoms. The van der Waals surface area contributed by atoms with Crippen molar-refractivity contribution in [1.82, 2.24) is 18.3 Å². The molecule has 0 radical (unpaired) electrons. The van der Waals surface area contributed by atoms with E-state index in [-0.39, 0.29) is 0 Å². The Kier molecular flexibility index (Phi) is 7.82. The first-order valence-electron chi connectivity index (χ1n) is 24.4. The summed E-state index contributed by atoms with van der Waals surface area (Å²) in [6.45, 7) is 0. The quantitative estimate of drug-likeness (QED) is 0.169. The third kappa shape index (κ3) is 5.24. The topological polar surface area (TPSA) is 32.9 Å². The summed E-state index contributed by atoms with van der Waals surface area (Å²) in [5.74, 6) is 0. The van der Waals surface area contributed by atoms with Crippen molar-refractivity contribution in [3.8, 4) is 33.9 Å². The van der Waals surface area contributed by atoms with Crippen LogP contribution < -0.4 is 0 Å². The monoisotopic (exact) mass is 904 g/mol. The van der Waals surface area contributed by atoms with E-state index < -0.39 is 0 Å². The highest BCUT2D eigenvalue weighted by molar-refractivity contribution is 6.23. The van der Waals surface area contributed by atoms with E-state index in [9.17, 15) is 0 Å². The van der Waals surface area contributed by atoms with Gasteiger partial charge in [0.15, 0.2) is 5.58 Å². The molecule has 5 nitrogen and oxygen atoms in total. The van der Waals surface area contributed by atoms with Crippen molar-refractivity contribution in [2.45, 2.75) is 0 Å². The second-order valence-corrected chi connectivity index (χ2v) is 18.8. The minimum atomic E-state index is 0.852. The second-order valence-electron chi connectivity index (χ2n) is 18.8. The summed E-state index contributed by atoms with van der Waals surface area (Å²) < 4.78 is 16.9. The van der Waals surface area contributed by atoms with E-state index in [2.05, 4.69) is 261 Å². The number of furan rings is 1. The van der Waals surface area contributed by atoms with Crippen LogP contribution in [0, 0.1) is 0 Å². The first-order valence-corrected chi connectivity index (χ1v) is 24.4. The zero-order chi connectivity index (χ0) is 46.3. The normalized spacial score (nSPS) is 12.2. The molecule has 16 aromatic rings. The average Bonchev–Trinajstić information content (AvgIpc) is 4.24. The van der Waals surface area contributed by atoms with Crippen LogP contribution in [0.4, 0.5) is 0 Å². The zero-order valence-corrected chi connectivity index (χ0v) is 38.3. The maximum atomic E-state index is 7.15. The van der Waals surface area contributed by atoms with E-state index in [0.717, 1.165) is 77.9 Å². The number of nitrogens with zero attached hydrogens (tertiary/aromatic N) is 4. The number of hydrogen-bond donors (Lipinski definition) is 0. The van der Waals surface area contributed by atoms with E-state index in [1.165, 1.54) is 65.2 Å². The molecule has 16 rings (SSSR count). The Morgan fingerprint density at radius 1 is 0.254 bits per heavy atom. The lowest BCUT2D eigenvalue weighted by atomic mass is 9.96. The molecule has 0 spiro atoms. The molecule has 0 saturated carbocycles. The maximum absolute atomic E-state index is 7.15. The van der Waals surface area contributed by atoms with Crippen LogP contribution in [0.5, 0.6) is 0 Å². The molecule has 5 aromatic heterocycles. The minimum absolute atomic E-state index is 0.852. The predicted octanol–water partition coefficient (Wildman–Crippen LogP) is 17.6. The van der Waals surface area contributed by atoms with Gasteiger partial charge in [0, 0.05) is 70.8 Å². The highest BCUT2D eigenvalue weighted by atomic mass is 16.3. The highest BCUT2D eigenvalue weighted by Crippen LogP contribution is 2.47. The second kappa shape index (κ2) is 14.5. The Morgan fingerprint density at radius 2 is 0.761 bits per heavy atom. The van der Waals surface area contributed by atoms with Gasteiger partial charge in [0.1, 0.15) is 5.58 Å². The number of rotatable bonds is 5. The molecule has 0 bridgehead atoms. The standard InChI is InChI=1S/C66H40N4O/c1-2-18-41(19-3-1)67-57-32-14-8-24-50(57)64-59(67)33-17-34-60(64)70-56-31-13-6-22-45(56)48-26-16-27-49(65(48)70)47-37-39-61(66-63(47)51-25-9-15-35-62(51)71-66)69-55-30-12-7-23-46(55)52-40-42(36-38-58(52)69)68-53-28-10-4-20-43(53)44-21-5-11-29-54(44)68/h1-40H. The molecule has 0 saturated heterocycles. The third-order valence-corrected chi connectivity index (χ3v) is 15.2. The van der Waals surface area contributed by atoms with Crippen LogP contribution >= 0.6 is 0 Å². The van der Waals surface area contributed by atoms with Crippen LogP contribution in [0.15, 0.2) is 247 Å². The molecule has 0 unspecified atom stereocenters. The molecule has 0 fully saturated rings. The van der Waals surface area contributed by atoms with Crippen molar-refractivity contribution in [2.24, 2.45) is 0 Å². The van der Waals surface area contributed by atoms with E-state index in [4.69, 9.17) is 4.42 Å². The summed E-state index contributed by atoms with van der Waals surface area (Å²) in [5, 5.41) is 11.9. The van der Waals surface area contributed by atoms with Crippen LogP contribution in [0.2, 0.25) is 0 Å². The van der Waals surface area contributed by atoms with Gasteiger partial charge in [-0.15, -0.1) is 0 Å². The Bertz CT molecular complexity index is 4830. The Labute approximate surface area is 406 Å². The molecule has 0 aliphatic heterocycles. The Morgan fingerprint density at radius 3 is 1.48 bits per heavy atom. The van der Waals surface area contributed by atoms with Crippen molar-refractivity contribution < 1.29 is 4.42 Å². The van der Waals surface area contributed by atoms with Crippen molar-refractivity contribution in [1.29, 1.82) is 0 Å². The van der Waals surface area contributed by atoms with Crippen LogP contribution in [0.3, 0.4) is 0 Å². The molecular weight excluding hydrogens is 865 g/mol.